The van der Waals surface area contributed by atoms with E-state index in [-0.39, 0.29) is 0 Å². The Morgan fingerprint density at radius 2 is 1.64 bits per heavy atom. The monoisotopic (exact) mass is 475 g/mol. The van der Waals surface area contributed by atoms with Crippen LogP contribution in [0.1, 0.15) is 81.0 Å². The van der Waals surface area contributed by atoms with Gasteiger partial charge in [0.25, 0.3) is 0 Å². The lowest BCUT2D eigenvalue weighted by Crippen LogP contribution is -2.29. The lowest BCUT2D eigenvalue weighted by Gasteiger charge is -2.39. The number of hydrogen-bond donors (Lipinski definition) is 0. The van der Waals surface area contributed by atoms with E-state index in [0.29, 0.717) is 17.6 Å². The molecule has 0 unspecified atom stereocenters. The highest BCUT2D eigenvalue weighted by Crippen LogP contribution is 2.47. The van der Waals surface area contributed by atoms with Crippen LogP contribution >= 0.6 is 0 Å². The number of fused-ring (bicyclic) bond motifs is 5. The second-order valence-corrected chi connectivity index (χ2v) is 10.7. The fraction of sp³-hybridized carbons (Fsp3) is 0.382. The van der Waals surface area contributed by atoms with Crippen molar-refractivity contribution in [2.75, 3.05) is 0 Å². The Morgan fingerprint density at radius 1 is 0.889 bits per heavy atom. The Hall–Kier alpha value is -3.31. The van der Waals surface area contributed by atoms with Crippen LogP contribution < -0.4 is 4.74 Å². The minimum absolute atomic E-state index is 0.401. The topological polar surface area (TPSA) is 33.0 Å². The summed E-state index contributed by atoms with van der Waals surface area (Å²) in [5, 5.41) is 14.6. The summed E-state index contributed by atoms with van der Waals surface area (Å²) in [5.74, 6) is 0.947. The fourth-order valence-electron chi connectivity index (χ4n) is 6.29. The molecule has 0 radical (unpaired) electrons. The standard InChI is InChI=1S/C34H37NO/c1-3-5-18-34(19-6-4-2)20-17-30-26(22-34)15-16-31-29-14-10-9-11-25(29)21-32(33(30)31)36-24-28-13-8-7-12-27(28)23-35/h7-16,21H,3-6,17-20,22,24H2,1-2H3. The summed E-state index contributed by atoms with van der Waals surface area (Å²) in [6, 6.07) is 25.6. The number of unbranched alkanes of at least 4 members (excludes halogenated alkanes) is 2. The molecule has 0 fully saturated rings. The molecule has 0 aromatic heterocycles. The van der Waals surface area contributed by atoms with Gasteiger partial charge in [-0.15, -0.1) is 0 Å². The summed E-state index contributed by atoms with van der Waals surface area (Å²) in [5.41, 5.74) is 5.05. The SMILES string of the molecule is CCCCC1(CCCC)CCc2c(ccc3c2c(OCc2ccccc2C#N)cc2ccccc23)C1. The van der Waals surface area contributed by atoms with Gasteiger partial charge in [-0.05, 0) is 76.9 Å². The van der Waals surface area contributed by atoms with Gasteiger partial charge >= 0.3 is 0 Å². The van der Waals surface area contributed by atoms with Gasteiger partial charge in [0.1, 0.15) is 12.4 Å². The maximum absolute atomic E-state index is 9.55. The van der Waals surface area contributed by atoms with Crippen molar-refractivity contribution in [3.63, 3.8) is 0 Å². The van der Waals surface area contributed by atoms with E-state index in [2.05, 4.69) is 62.4 Å². The van der Waals surface area contributed by atoms with Crippen LogP contribution in [0.4, 0.5) is 0 Å². The fourth-order valence-corrected chi connectivity index (χ4v) is 6.29. The van der Waals surface area contributed by atoms with E-state index in [1.165, 1.54) is 84.0 Å². The summed E-state index contributed by atoms with van der Waals surface area (Å²) < 4.78 is 6.55. The van der Waals surface area contributed by atoms with Crippen molar-refractivity contribution in [2.24, 2.45) is 5.41 Å². The Morgan fingerprint density at radius 3 is 2.42 bits per heavy atom. The largest absolute Gasteiger partial charge is 0.488 e. The van der Waals surface area contributed by atoms with Gasteiger partial charge in [-0.25, -0.2) is 0 Å². The van der Waals surface area contributed by atoms with E-state index < -0.39 is 0 Å². The predicted octanol–water partition coefficient (Wildman–Crippen LogP) is 9.30. The van der Waals surface area contributed by atoms with Crippen molar-refractivity contribution in [1.29, 1.82) is 5.26 Å². The molecule has 0 saturated heterocycles. The number of nitrogens with zero attached hydrogens (tertiary/aromatic N) is 1. The first kappa shape index (κ1) is 24.4. The van der Waals surface area contributed by atoms with Gasteiger partial charge < -0.3 is 4.74 Å². The van der Waals surface area contributed by atoms with Crippen molar-refractivity contribution in [3.8, 4) is 11.8 Å². The number of aryl methyl sites for hydroxylation is 1. The Labute approximate surface area is 215 Å². The van der Waals surface area contributed by atoms with Crippen LogP contribution in [-0.4, -0.2) is 0 Å². The van der Waals surface area contributed by atoms with E-state index >= 15 is 0 Å². The van der Waals surface area contributed by atoms with Crippen LogP contribution in [-0.2, 0) is 19.4 Å². The second kappa shape index (κ2) is 10.8. The number of hydrogen-bond acceptors (Lipinski definition) is 2. The van der Waals surface area contributed by atoms with Gasteiger partial charge in [0, 0.05) is 10.9 Å². The summed E-state index contributed by atoms with van der Waals surface area (Å²) in [4.78, 5) is 0. The molecule has 5 rings (SSSR count). The van der Waals surface area contributed by atoms with Crippen LogP contribution in [0, 0.1) is 16.7 Å². The van der Waals surface area contributed by atoms with E-state index in [4.69, 9.17) is 4.74 Å². The Balaban J connectivity index is 1.60. The summed E-state index contributed by atoms with van der Waals surface area (Å²) in [6.45, 7) is 5.03. The number of nitriles is 1. The molecule has 0 atom stereocenters. The summed E-state index contributed by atoms with van der Waals surface area (Å²) in [6.07, 6.45) is 11.4. The molecule has 0 amide bonds. The molecule has 0 N–H and O–H groups in total. The molecule has 2 nitrogen and oxygen atoms in total. The first-order valence-corrected chi connectivity index (χ1v) is 13.7. The summed E-state index contributed by atoms with van der Waals surface area (Å²) >= 11 is 0. The minimum Gasteiger partial charge on any atom is -0.488 e. The van der Waals surface area contributed by atoms with Crippen molar-refractivity contribution in [3.05, 3.63) is 89.0 Å². The van der Waals surface area contributed by atoms with Gasteiger partial charge in [-0.2, -0.15) is 5.26 Å². The van der Waals surface area contributed by atoms with Gasteiger partial charge in [-0.3, -0.25) is 0 Å². The van der Waals surface area contributed by atoms with Gasteiger partial charge in [0.05, 0.1) is 11.6 Å². The van der Waals surface area contributed by atoms with Crippen LogP contribution in [0.25, 0.3) is 21.5 Å². The molecule has 0 saturated carbocycles. The molecular weight excluding hydrogens is 438 g/mol. The first-order valence-electron chi connectivity index (χ1n) is 13.7. The zero-order valence-electron chi connectivity index (χ0n) is 21.8. The zero-order valence-corrected chi connectivity index (χ0v) is 21.8. The minimum atomic E-state index is 0.401. The lowest BCUT2D eigenvalue weighted by molar-refractivity contribution is 0.193. The molecule has 0 spiro atoms. The molecule has 184 valence electrons. The summed E-state index contributed by atoms with van der Waals surface area (Å²) in [7, 11) is 0. The highest BCUT2D eigenvalue weighted by atomic mass is 16.5. The Bertz CT molecular complexity index is 1400. The number of rotatable bonds is 9. The molecule has 36 heavy (non-hydrogen) atoms. The first-order chi connectivity index (χ1) is 17.7. The lowest BCUT2D eigenvalue weighted by atomic mass is 9.65. The normalized spacial score (nSPS) is 14.5. The quantitative estimate of drug-likeness (QED) is 0.226. The van der Waals surface area contributed by atoms with Crippen molar-refractivity contribution in [2.45, 2.75) is 78.2 Å². The maximum Gasteiger partial charge on any atom is 0.128 e. The van der Waals surface area contributed by atoms with Gasteiger partial charge in [0.15, 0.2) is 0 Å². The molecule has 0 aliphatic heterocycles. The zero-order chi connectivity index (χ0) is 25.0. The van der Waals surface area contributed by atoms with Crippen LogP contribution in [0.2, 0.25) is 0 Å². The molecule has 2 heteroatoms. The molecule has 4 aromatic rings. The number of ether oxygens (including phenoxy) is 1. The highest BCUT2D eigenvalue weighted by Gasteiger charge is 2.34. The average Bonchev–Trinajstić information content (AvgIpc) is 2.93. The van der Waals surface area contributed by atoms with Crippen molar-refractivity contribution >= 4 is 21.5 Å². The van der Waals surface area contributed by atoms with Gasteiger partial charge in [0.2, 0.25) is 0 Å². The highest BCUT2D eigenvalue weighted by molar-refractivity contribution is 6.11. The maximum atomic E-state index is 9.55. The Kier molecular flexibility index (Phi) is 7.28. The van der Waals surface area contributed by atoms with E-state index in [1.807, 2.05) is 24.3 Å². The third-order valence-corrected chi connectivity index (χ3v) is 8.31. The smallest absolute Gasteiger partial charge is 0.128 e. The second-order valence-electron chi connectivity index (χ2n) is 10.7. The third kappa shape index (κ3) is 4.72. The van der Waals surface area contributed by atoms with Crippen LogP contribution in [0.5, 0.6) is 5.75 Å². The van der Waals surface area contributed by atoms with Gasteiger partial charge in [-0.1, -0.05) is 94.1 Å². The third-order valence-electron chi connectivity index (χ3n) is 8.31. The molecule has 1 aliphatic carbocycles. The average molecular weight is 476 g/mol. The van der Waals surface area contributed by atoms with Crippen LogP contribution in [0.15, 0.2) is 66.7 Å². The molecule has 4 aromatic carbocycles. The van der Waals surface area contributed by atoms with E-state index in [0.717, 1.165) is 17.7 Å². The molecular formula is C34H37NO. The number of benzene rings is 4. The predicted molar refractivity (Wildman–Crippen MR) is 150 cm³/mol. The van der Waals surface area contributed by atoms with Crippen LogP contribution in [0.3, 0.4) is 0 Å². The molecule has 0 heterocycles. The van der Waals surface area contributed by atoms with E-state index in [9.17, 15) is 5.26 Å². The van der Waals surface area contributed by atoms with Crippen molar-refractivity contribution < 1.29 is 4.74 Å². The van der Waals surface area contributed by atoms with E-state index in [1.54, 1.807) is 0 Å². The molecule has 1 aliphatic rings. The van der Waals surface area contributed by atoms with Crippen molar-refractivity contribution in [1.82, 2.24) is 0 Å². The molecule has 0 bridgehead atoms.